The Morgan fingerprint density at radius 3 is 1.30 bits per heavy atom. The third kappa shape index (κ3) is 9.06. The third-order valence-electron chi connectivity index (χ3n) is 6.39. The van der Waals surface area contributed by atoms with Crippen LogP contribution in [0, 0.1) is 0 Å². The Morgan fingerprint density at radius 1 is 0.595 bits per heavy atom. The molecule has 2 aromatic carbocycles. The number of fused-ring (bicyclic) bond motifs is 3. The molecule has 3 rings (SSSR count). The predicted octanol–water partition coefficient (Wildman–Crippen LogP) is 6.74. The molecule has 0 radical (unpaired) electrons. The van der Waals surface area contributed by atoms with Crippen LogP contribution in [0.25, 0.3) is 11.1 Å². The van der Waals surface area contributed by atoms with Crippen molar-refractivity contribution in [3.05, 3.63) is 47.5 Å². The number of hydrogen-bond donors (Lipinski definition) is 1. The Hall–Kier alpha value is -1.99. The zero-order chi connectivity index (χ0) is 25.0. The molecule has 0 saturated heterocycles. The number of ether oxygens (including phenoxy) is 2. The van der Waals surface area contributed by atoms with Gasteiger partial charge >= 0.3 is 0 Å². The van der Waals surface area contributed by atoms with Gasteiger partial charge in [0.25, 0.3) is 0 Å². The summed E-state index contributed by atoms with van der Waals surface area (Å²) in [7, 11) is 0. The fourth-order valence-corrected chi connectivity index (χ4v) is 4.86. The monoisotopic (exact) mass is 553 g/mol. The van der Waals surface area contributed by atoms with Gasteiger partial charge < -0.3 is 14.7 Å². The summed E-state index contributed by atoms with van der Waals surface area (Å²) in [5, 5.41) is 13.5. The van der Waals surface area contributed by atoms with E-state index in [9.17, 15) is 5.21 Å². The fraction of sp³-hybridized carbons (Fsp3) is 0.552. The van der Waals surface area contributed by atoms with Crippen molar-refractivity contribution in [3.63, 3.8) is 0 Å². The number of benzene rings is 2. The highest BCUT2D eigenvalue weighted by molar-refractivity contribution is 6.24. The van der Waals surface area contributed by atoms with E-state index < -0.39 is 0 Å². The molecule has 0 unspecified atom stereocenters. The number of nitrogens with zero attached hydrogens (tertiary/aromatic N) is 3. The lowest BCUT2D eigenvalue weighted by Gasteiger charge is -2.21. The highest BCUT2D eigenvalue weighted by Crippen LogP contribution is 2.40. The smallest absolute Gasteiger partial charge is 0.120 e. The van der Waals surface area contributed by atoms with E-state index in [0.29, 0.717) is 18.9 Å². The number of rotatable bonds is 16. The summed E-state index contributed by atoms with van der Waals surface area (Å²) in [5.41, 5.74) is 4.48. The molecule has 208 valence electrons. The molecule has 0 heterocycles. The Bertz CT molecular complexity index is 886. The van der Waals surface area contributed by atoms with Crippen LogP contribution >= 0.6 is 24.8 Å². The molecule has 1 aliphatic carbocycles. The Morgan fingerprint density at radius 2 is 0.973 bits per heavy atom. The second-order valence-corrected chi connectivity index (χ2v) is 9.24. The summed E-state index contributed by atoms with van der Waals surface area (Å²) < 4.78 is 12.2. The van der Waals surface area contributed by atoms with Gasteiger partial charge in [0, 0.05) is 24.2 Å². The molecule has 2 aromatic rings. The zero-order valence-corrected chi connectivity index (χ0v) is 24.5. The Kier molecular flexibility index (Phi) is 15.6. The van der Waals surface area contributed by atoms with E-state index in [1.807, 2.05) is 24.3 Å². The molecule has 1 N–H and O–H groups in total. The molecule has 0 amide bonds. The zero-order valence-electron chi connectivity index (χ0n) is 22.9. The second-order valence-electron chi connectivity index (χ2n) is 9.24. The van der Waals surface area contributed by atoms with Crippen LogP contribution in [-0.2, 0) is 0 Å². The van der Waals surface area contributed by atoms with Gasteiger partial charge in [-0.2, -0.15) is 0 Å². The summed E-state index contributed by atoms with van der Waals surface area (Å²) in [6.45, 7) is 16.3. The largest absolute Gasteiger partial charge is 0.492 e. The molecular formula is C29H45Cl2N3O3. The first kappa shape index (κ1) is 33.0. The summed E-state index contributed by atoms with van der Waals surface area (Å²) in [4.78, 5) is 4.88. The van der Waals surface area contributed by atoms with E-state index in [1.54, 1.807) is 0 Å². The quantitative estimate of drug-likeness (QED) is 0.157. The van der Waals surface area contributed by atoms with Crippen molar-refractivity contribution in [2.24, 2.45) is 5.16 Å². The van der Waals surface area contributed by atoms with E-state index in [0.717, 1.165) is 98.7 Å². The summed E-state index contributed by atoms with van der Waals surface area (Å²) in [6, 6.07) is 12.1. The number of oxime groups is 1. The molecule has 37 heavy (non-hydrogen) atoms. The van der Waals surface area contributed by atoms with Gasteiger partial charge in [-0.3, -0.25) is 9.80 Å². The van der Waals surface area contributed by atoms with Crippen LogP contribution in [0.2, 0.25) is 0 Å². The van der Waals surface area contributed by atoms with Crippen molar-refractivity contribution in [3.8, 4) is 22.6 Å². The molecule has 0 aliphatic heterocycles. The van der Waals surface area contributed by atoms with Crippen LogP contribution in [0.5, 0.6) is 11.5 Å². The van der Waals surface area contributed by atoms with Crippen LogP contribution < -0.4 is 9.47 Å². The maximum atomic E-state index is 9.87. The van der Waals surface area contributed by atoms with E-state index in [1.165, 1.54) is 0 Å². The van der Waals surface area contributed by atoms with Crippen molar-refractivity contribution >= 4 is 30.5 Å². The van der Waals surface area contributed by atoms with E-state index >= 15 is 0 Å². The maximum Gasteiger partial charge on any atom is 0.120 e. The van der Waals surface area contributed by atoms with Crippen LogP contribution in [0.15, 0.2) is 41.6 Å². The van der Waals surface area contributed by atoms with Gasteiger partial charge in [-0.05, 0) is 99.4 Å². The van der Waals surface area contributed by atoms with Crippen LogP contribution in [-0.4, -0.2) is 73.2 Å². The summed E-state index contributed by atoms with van der Waals surface area (Å²) in [6.07, 6.45) is 4.59. The lowest BCUT2D eigenvalue weighted by atomic mass is 10.1. The van der Waals surface area contributed by atoms with Crippen molar-refractivity contribution in [2.45, 2.75) is 53.4 Å². The third-order valence-corrected chi connectivity index (χ3v) is 6.39. The first-order valence-corrected chi connectivity index (χ1v) is 13.4. The molecule has 0 aromatic heterocycles. The minimum atomic E-state index is 0. The Labute approximate surface area is 235 Å². The molecule has 0 fully saturated rings. The van der Waals surface area contributed by atoms with E-state index in [2.05, 4.69) is 54.8 Å². The lowest BCUT2D eigenvalue weighted by Crippen LogP contribution is -2.30. The summed E-state index contributed by atoms with van der Waals surface area (Å²) in [5.74, 6) is 1.60. The molecule has 0 atom stereocenters. The van der Waals surface area contributed by atoms with Gasteiger partial charge in [-0.1, -0.05) is 32.9 Å². The SMILES string of the molecule is CCCN(CCC)CCOc1ccc2c(c1)C(=NO)c1cc(OCCN(CCC)CCC)ccc1-2.Cl.Cl. The minimum Gasteiger partial charge on any atom is -0.492 e. The van der Waals surface area contributed by atoms with Crippen LogP contribution in [0.4, 0.5) is 0 Å². The first-order valence-electron chi connectivity index (χ1n) is 13.4. The van der Waals surface area contributed by atoms with Crippen molar-refractivity contribution in [1.82, 2.24) is 9.80 Å². The fourth-order valence-electron chi connectivity index (χ4n) is 4.86. The molecule has 1 aliphatic rings. The number of hydrogen-bond acceptors (Lipinski definition) is 6. The highest BCUT2D eigenvalue weighted by Gasteiger charge is 2.26. The molecule has 0 spiro atoms. The van der Waals surface area contributed by atoms with Crippen LogP contribution in [0.3, 0.4) is 0 Å². The van der Waals surface area contributed by atoms with Gasteiger partial charge in [0.15, 0.2) is 0 Å². The second kappa shape index (κ2) is 17.5. The van der Waals surface area contributed by atoms with E-state index in [-0.39, 0.29) is 24.8 Å². The summed E-state index contributed by atoms with van der Waals surface area (Å²) >= 11 is 0. The van der Waals surface area contributed by atoms with Gasteiger partial charge in [0.1, 0.15) is 30.4 Å². The molecule has 0 bridgehead atoms. The van der Waals surface area contributed by atoms with E-state index in [4.69, 9.17) is 9.47 Å². The number of halogens is 2. The van der Waals surface area contributed by atoms with Gasteiger partial charge in [-0.25, -0.2) is 0 Å². The highest BCUT2D eigenvalue weighted by atomic mass is 35.5. The molecule has 0 saturated carbocycles. The molecular weight excluding hydrogens is 509 g/mol. The molecule has 8 heteroatoms. The van der Waals surface area contributed by atoms with Gasteiger partial charge in [0.2, 0.25) is 0 Å². The topological polar surface area (TPSA) is 57.5 Å². The molecule has 6 nitrogen and oxygen atoms in total. The first-order chi connectivity index (χ1) is 17.1. The predicted molar refractivity (Wildman–Crippen MR) is 159 cm³/mol. The van der Waals surface area contributed by atoms with Crippen LogP contribution in [0.1, 0.15) is 64.5 Å². The minimum absolute atomic E-state index is 0. The van der Waals surface area contributed by atoms with Gasteiger partial charge in [-0.15, -0.1) is 24.8 Å². The average molecular weight is 555 g/mol. The lowest BCUT2D eigenvalue weighted by molar-refractivity contribution is 0.209. The van der Waals surface area contributed by atoms with Crippen molar-refractivity contribution in [1.29, 1.82) is 0 Å². The Balaban J connectivity index is 0.00000342. The maximum absolute atomic E-state index is 9.87. The average Bonchev–Trinajstić information content (AvgIpc) is 3.16. The normalized spacial score (nSPS) is 11.6. The van der Waals surface area contributed by atoms with Crippen molar-refractivity contribution in [2.75, 3.05) is 52.5 Å². The van der Waals surface area contributed by atoms with Gasteiger partial charge in [0.05, 0.1) is 0 Å². The standard InChI is InChI=1S/C29H43N3O3.2ClH/c1-5-13-31(14-6-2)17-19-34-23-9-11-25-26-12-10-24(22-28(26)29(30-33)27(25)21-23)35-20-18-32(15-7-3)16-8-4;;/h9-12,21-22,33H,5-8,13-20H2,1-4H3;2*1H. The van der Waals surface area contributed by atoms with Crippen molar-refractivity contribution < 1.29 is 14.7 Å².